The molecule has 7 heteroatoms. The summed E-state index contributed by atoms with van der Waals surface area (Å²) in [5.41, 5.74) is 1.84. The summed E-state index contributed by atoms with van der Waals surface area (Å²) >= 11 is 3.06. The fraction of sp³-hybridized carbons (Fsp3) is 0.263. The van der Waals surface area contributed by atoms with Gasteiger partial charge in [0, 0.05) is 6.54 Å². The van der Waals surface area contributed by atoms with E-state index in [1.807, 2.05) is 42.6 Å². The predicted molar refractivity (Wildman–Crippen MR) is 106 cm³/mol. The van der Waals surface area contributed by atoms with Gasteiger partial charge in [0.05, 0.1) is 24.8 Å². The number of nitrogens with one attached hydrogen (secondary N) is 1. The Morgan fingerprint density at radius 1 is 1.19 bits per heavy atom. The Balaban J connectivity index is 1.61. The van der Waals surface area contributed by atoms with Crippen LogP contribution < -0.4 is 14.8 Å². The number of nitrogens with zero attached hydrogens (tertiary/aromatic N) is 1. The molecule has 1 N–H and O–H groups in total. The number of ether oxygens (including phenoxy) is 2. The maximum Gasteiger partial charge on any atom is 0.263 e. The summed E-state index contributed by atoms with van der Waals surface area (Å²) in [5, 5.41) is 5.88. The van der Waals surface area contributed by atoms with Crippen LogP contribution in [-0.4, -0.2) is 31.7 Å². The lowest BCUT2D eigenvalue weighted by Crippen LogP contribution is -2.25. The van der Waals surface area contributed by atoms with Crippen molar-refractivity contribution in [2.24, 2.45) is 0 Å². The molecule has 0 fully saturated rings. The summed E-state index contributed by atoms with van der Waals surface area (Å²) < 4.78 is 10.5. The van der Waals surface area contributed by atoms with Crippen LogP contribution in [0, 0.1) is 6.92 Å². The van der Waals surface area contributed by atoms with E-state index in [1.54, 1.807) is 25.6 Å². The molecule has 0 unspecified atom stereocenters. The van der Waals surface area contributed by atoms with Crippen LogP contribution in [-0.2, 0) is 6.42 Å². The third kappa shape index (κ3) is 4.05. The minimum absolute atomic E-state index is 0.0803. The van der Waals surface area contributed by atoms with Gasteiger partial charge in [-0.1, -0.05) is 12.1 Å². The smallest absolute Gasteiger partial charge is 0.263 e. The Kier molecular flexibility index (Phi) is 5.90. The zero-order chi connectivity index (χ0) is 18.5. The number of thiophene rings is 1. The number of hydrogen-bond donors (Lipinski definition) is 1. The van der Waals surface area contributed by atoms with Gasteiger partial charge in [0.25, 0.3) is 5.91 Å². The first-order chi connectivity index (χ1) is 12.6. The zero-order valence-corrected chi connectivity index (χ0v) is 16.5. The van der Waals surface area contributed by atoms with Gasteiger partial charge in [0.1, 0.15) is 9.88 Å². The molecule has 0 saturated carbocycles. The number of amides is 1. The van der Waals surface area contributed by atoms with Crippen LogP contribution in [0.5, 0.6) is 11.5 Å². The number of rotatable bonds is 7. The van der Waals surface area contributed by atoms with E-state index in [0.29, 0.717) is 29.3 Å². The molecule has 0 atom stereocenters. The van der Waals surface area contributed by atoms with Crippen molar-refractivity contribution in [1.82, 2.24) is 10.3 Å². The molecule has 0 radical (unpaired) electrons. The van der Waals surface area contributed by atoms with Crippen molar-refractivity contribution in [2.75, 3.05) is 20.8 Å². The van der Waals surface area contributed by atoms with E-state index in [2.05, 4.69) is 10.3 Å². The average molecular weight is 389 g/mol. The standard InChI is InChI=1S/C19H20N2O3S2/c1-12-17(26-19(21-12)16-5-4-10-25-16)18(22)20-9-8-13-6-7-14(23-2)15(11-13)24-3/h4-7,10-11H,8-9H2,1-3H3,(H,20,22). The highest BCUT2D eigenvalue weighted by molar-refractivity contribution is 7.22. The van der Waals surface area contributed by atoms with Gasteiger partial charge in [-0.3, -0.25) is 4.79 Å². The molecule has 0 aliphatic heterocycles. The van der Waals surface area contributed by atoms with E-state index >= 15 is 0 Å². The van der Waals surface area contributed by atoms with Gasteiger partial charge in [-0.05, 0) is 42.5 Å². The molecule has 3 rings (SSSR count). The van der Waals surface area contributed by atoms with E-state index < -0.39 is 0 Å². The van der Waals surface area contributed by atoms with Gasteiger partial charge in [-0.25, -0.2) is 4.98 Å². The SMILES string of the molecule is COc1ccc(CCNC(=O)c2sc(-c3cccs3)nc2C)cc1OC. The van der Waals surface area contributed by atoms with E-state index in [1.165, 1.54) is 11.3 Å². The second kappa shape index (κ2) is 8.33. The van der Waals surface area contributed by atoms with Gasteiger partial charge in [-0.15, -0.1) is 22.7 Å². The second-order valence-corrected chi connectivity index (χ2v) is 7.55. The lowest BCUT2D eigenvalue weighted by molar-refractivity contribution is 0.0957. The first kappa shape index (κ1) is 18.4. The number of aryl methyl sites for hydroxylation is 1. The molecule has 0 bridgehead atoms. The minimum atomic E-state index is -0.0803. The van der Waals surface area contributed by atoms with Crippen molar-refractivity contribution >= 4 is 28.6 Å². The van der Waals surface area contributed by atoms with Crippen LogP contribution in [0.1, 0.15) is 20.9 Å². The maximum atomic E-state index is 12.5. The molecule has 1 aromatic carbocycles. The molecule has 5 nitrogen and oxygen atoms in total. The van der Waals surface area contributed by atoms with Crippen LogP contribution in [0.4, 0.5) is 0 Å². The molecule has 26 heavy (non-hydrogen) atoms. The monoisotopic (exact) mass is 388 g/mol. The van der Waals surface area contributed by atoms with Gasteiger partial charge >= 0.3 is 0 Å². The van der Waals surface area contributed by atoms with Crippen LogP contribution in [0.25, 0.3) is 9.88 Å². The lowest BCUT2D eigenvalue weighted by Gasteiger charge is -2.10. The van der Waals surface area contributed by atoms with Crippen molar-refractivity contribution in [2.45, 2.75) is 13.3 Å². The van der Waals surface area contributed by atoms with Crippen LogP contribution in [0.15, 0.2) is 35.7 Å². The Labute approximate surface area is 160 Å². The predicted octanol–water partition coefficient (Wildman–Crippen LogP) is 4.17. The summed E-state index contributed by atoms with van der Waals surface area (Å²) in [7, 11) is 3.22. The lowest BCUT2D eigenvalue weighted by atomic mass is 10.1. The summed E-state index contributed by atoms with van der Waals surface area (Å²) in [6.45, 7) is 2.41. The third-order valence-corrected chi connectivity index (χ3v) is 6.08. The molecular formula is C19H20N2O3S2. The summed E-state index contributed by atoms with van der Waals surface area (Å²) in [5.74, 6) is 1.31. The van der Waals surface area contributed by atoms with Crippen molar-refractivity contribution in [3.05, 3.63) is 51.8 Å². The van der Waals surface area contributed by atoms with E-state index in [-0.39, 0.29) is 5.91 Å². The third-order valence-electron chi connectivity index (χ3n) is 3.88. The summed E-state index contributed by atoms with van der Waals surface area (Å²) in [6.07, 6.45) is 0.710. The number of aromatic nitrogens is 1. The van der Waals surface area contributed by atoms with Crippen molar-refractivity contribution in [3.8, 4) is 21.4 Å². The van der Waals surface area contributed by atoms with Crippen LogP contribution in [0.2, 0.25) is 0 Å². The first-order valence-electron chi connectivity index (χ1n) is 8.12. The van der Waals surface area contributed by atoms with E-state index in [4.69, 9.17) is 9.47 Å². The number of benzene rings is 1. The Hall–Kier alpha value is -2.38. The molecule has 3 aromatic rings. The molecule has 136 valence electrons. The number of methoxy groups -OCH3 is 2. The topological polar surface area (TPSA) is 60.5 Å². The first-order valence-corrected chi connectivity index (χ1v) is 9.82. The molecular weight excluding hydrogens is 368 g/mol. The number of carbonyl (C=O) groups is 1. The zero-order valence-electron chi connectivity index (χ0n) is 14.9. The molecule has 0 saturated heterocycles. The molecule has 2 heterocycles. The molecule has 0 aliphatic rings. The highest BCUT2D eigenvalue weighted by Gasteiger charge is 2.16. The molecule has 0 aliphatic carbocycles. The molecule has 2 aromatic heterocycles. The molecule has 1 amide bonds. The second-order valence-electron chi connectivity index (χ2n) is 5.61. The van der Waals surface area contributed by atoms with E-state index in [9.17, 15) is 4.79 Å². The van der Waals surface area contributed by atoms with Crippen LogP contribution >= 0.6 is 22.7 Å². The maximum absolute atomic E-state index is 12.5. The van der Waals surface area contributed by atoms with Gasteiger partial charge in [-0.2, -0.15) is 0 Å². The number of thiazole rings is 1. The van der Waals surface area contributed by atoms with Crippen molar-refractivity contribution in [3.63, 3.8) is 0 Å². The fourth-order valence-electron chi connectivity index (χ4n) is 2.55. The van der Waals surface area contributed by atoms with Crippen LogP contribution in [0.3, 0.4) is 0 Å². The summed E-state index contributed by atoms with van der Waals surface area (Å²) in [6, 6.07) is 9.77. The quantitative estimate of drug-likeness (QED) is 0.660. The Bertz CT molecular complexity index is 888. The van der Waals surface area contributed by atoms with E-state index in [0.717, 1.165) is 21.1 Å². The number of carbonyl (C=O) groups excluding carboxylic acids is 1. The minimum Gasteiger partial charge on any atom is -0.493 e. The normalized spacial score (nSPS) is 10.6. The van der Waals surface area contributed by atoms with Gasteiger partial charge in [0.2, 0.25) is 0 Å². The largest absolute Gasteiger partial charge is 0.493 e. The van der Waals surface area contributed by atoms with Crippen molar-refractivity contribution < 1.29 is 14.3 Å². The average Bonchev–Trinajstić information content (AvgIpc) is 3.31. The molecule has 0 spiro atoms. The Morgan fingerprint density at radius 2 is 2.00 bits per heavy atom. The number of hydrogen-bond acceptors (Lipinski definition) is 6. The highest BCUT2D eigenvalue weighted by Crippen LogP contribution is 2.31. The van der Waals surface area contributed by atoms with Crippen molar-refractivity contribution in [1.29, 1.82) is 0 Å². The Morgan fingerprint density at radius 3 is 2.69 bits per heavy atom. The summed E-state index contributed by atoms with van der Waals surface area (Å²) in [4.78, 5) is 18.8. The fourth-order valence-corrected chi connectivity index (χ4v) is 4.33. The van der Waals surface area contributed by atoms with Gasteiger partial charge in [0.15, 0.2) is 11.5 Å². The van der Waals surface area contributed by atoms with Gasteiger partial charge < -0.3 is 14.8 Å². The highest BCUT2D eigenvalue weighted by atomic mass is 32.1.